The summed E-state index contributed by atoms with van der Waals surface area (Å²) in [7, 11) is 2.57. The van der Waals surface area contributed by atoms with Crippen LogP contribution in [0.2, 0.25) is 0 Å². The molecule has 7 nitrogen and oxygen atoms in total. The van der Waals surface area contributed by atoms with Gasteiger partial charge in [0.1, 0.15) is 11.3 Å². The lowest BCUT2D eigenvalue weighted by atomic mass is 9.87. The van der Waals surface area contributed by atoms with E-state index in [4.69, 9.17) is 4.74 Å². The summed E-state index contributed by atoms with van der Waals surface area (Å²) in [4.78, 5) is 36.2. The molecule has 1 aromatic carbocycles. The molecule has 2 aromatic rings. The van der Waals surface area contributed by atoms with Crippen LogP contribution in [0.15, 0.2) is 33.9 Å². The van der Waals surface area contributed by atoms with Crippen molar-refractivity contribution in [3.8, 4) is 11.6 Å². The third-order valence-electron chi connectivity index (χ3n) is 4.45. The van der Waals surface area contributed by atoms with Crippen molar-refractivity contribution in [3.63, 3.8) is 0 Å². The molecule has 0 aliphatic rings. The minimum atomic E-state index is -0.792. The molecule has 0 saturated heterocycles. The monoisotopic (exact) mass is 374 g/mol. The van der Waals surface area contributed by atoms with Gasteiger partial charge in [0.25, 0.3) is 5.56 Å². The van der Waals surface area contributed by atoms with Gasteiger partial charge in [-0.25, -0.2) is 4.79 Å². The Hall–Kier alpha value is -2.83. The SMILES string of the molecule is Cn1c(O)c(C(=O)CCCOc2ccc(C(C)(C)C)cc2)c(=O)n(C)c1=O. The molecule has 0 fully saturated rings. The van der Waals surface area contributed by atoms with E-state index in [-0.39, 0.29) is 17.4 Å². The summed E-state index contributed by atoms with van der Waals surface area (Å²) in [5.74, 6) is -0.418. The minimum absolute atomic E-state index is 0.0288. The van der Waals surface area contributed by atoms with Crippen LogP contribution in [0.4, 0.5) is 0 Å². The number of carbonyl (C=O) groups is 1. The van der Waals surface area contributed by atoms with Gasteiger partial charge in [0.15, 0.2) is 5.78 Å². The number of hydrogen-bond acceptors (Lipinski definition) is 5. The van der Waals surface area contributed by atoms with Crippen LogP contribution in [0.25, 0.3) is 0 Å². The standard InChI is InChI=1S/C20H26N2O5/c1-20(2,3)13-8-10-14(11-9-13)27-12-6-7-15(23)16-17(24)21(4)19(26)22(5)18(16)25/h8-11,24H,6-7,12H2,1-5H3. The molecule has 27 heavy (non-hydrogen) atoms. The lowest BCUT2D eigenvalue weighted by Gasteiger charge is -2.19. The molecule has 0 aliphatic heterocycles. The van der Waals surface area contributed by atoms with Gasteiger partial charge < -0.3 is 9.84 Å². The van der Waals surface area contributed by atoms with Crippen molar-refractivity contribution < 1.29 is 14.6 Å². The smallest absolute Gasteiger partial charge is 0.333 e. The Morgan fingerprint density at radius 3 is 2.22 bits per heavy atom. The summed E-state index contributed by atoms with van der Waals surface area (Å²) >= 11 is 0. The Morgan fingerprint density at radius 1 is 1.07 bits per heavy atom. The average Bonchev–Trinajstić information content (AvgIpc) is 2.62. The largest absolute Gasteiger partial charge is 0.494 e. The zero-order valence-electron chi connectivity index (χ0n) is 16.4. The highest BCUT2D eigenvalue weighted by Crippen LogP contribution is 2.24. The molecule has 0 bridgehead atoms. The van der Waals surface area contributed by atoms with Crippen molar-refractivity contribution >= 4 is 5.78 Å². The molecular weight excluding hydrogens is 348 g/mol. The van der Waals surface area contributed by atoms with E-state index in [1.54, 1.807) is 0 Å². The van der Waals surface area contributed by atoms with E-state index in [9.17, 15) is 19.5 Å². The third kappa shape index (κ3) is 4.48. The molecule has 7 heteroatoms. The van der Waals surface area contributed by atoms with Gasteiger partial charge in [0.2, 0.25) is 5.88 Å². The van der Waals surface area contributed by atoms with Crippen LogP contribution in [0.5, 0.6) is 11.6 Å². The van der Waals surface area contributed by atoms with Crippen molar-refractivity contribution in [2.24, 2.45) is 14.1 Å². The molecule has 1 aromatic heterocycles. The zero-order chi connectivity index (χ0) is 20.4. The average molecular weight is 374 g/mol. The van der Waals surface area contributed by atoms with E-state index in [2.05, 4.69) is 20.8 Å². The lowest BCUT2D eigenvalue weighted by Crippen LogP contribution is -2.40. The van der Waals surface area contributed by atoms with Gasteiger partial charge in [-0.15, -0.1) is 0 Å². The molecular formula is C20H26N2O5. The van der Waals surface area contributed by atoms with Crippen molar-refractivity contribution in [3.05, 3.63) is 56.2 Å². The molecule has 0 radical (unpaired) electrons. The van der Waals surface area contributed by atoms with E-state index >= 15 is 0 Å². The minimum Gasteiger partial charge on any atom is -0.494 e. The fourth-order valence-electron chi connectivity index (χ4n) is 2.68. The van der Waals surface area contributed by atoms with Crippen molar-refractivity contribution in [1.82, 2.24) is 9.13 Å². The van der Waals surface area contributed by atoms with Gasteiger partial charge in [0.05, 0.1) is 6.61 Å². The number of rotatable bonds is 6. The number of ketones is 1. The first-order chi connectivity index (χ1) is 12.5. The first-order valence-corrected chi connectivity index (χ1v) is 8.79. The van der Waals surface area contributed by atoms with Gasteiger partial charge in [-0.3, -0.25) is 18.7 Å². The number of hydrogen-bond donors (Lipinski definition) is 1. The van der Waals surface area contributed by atoms with Crippen LogP contribution in [0.1, 0.15) is 49.5 Å². The van der Waals surface area contributed by atoms with Crippen LogP contribution >= 0.6 is 0 Å². The maximum absolute atomic E-state index is 12.3. The van der Waals surface area contributed by atoms with Gasteiger partial charge in [-0.05, 0) is 29.5 Å². The van der Waals surface area contributed by atoms with E-state index in [0.717, 1.165) is 9.13 Å². The maximum atomic E-state index is 12.3. The number of aromatic hydroxyl groups is 1. The number of Topliss-reactive ketones (excluding diaryl/α,β-unsaturated/α-hetero) is 1. The van der Waals surface area contributed by atoms with Gasteiger partial charge in [-0.2, -0.15) is 0 Å². The van der Waals surface area contributed by atoms with E-state index in [1.807, 2.05) is 24.3 Å². The normalized spacial score (nSPS) is 11.4. The number of nitrogens with zero attached hydrogens (tertiary/aromatic N) is 2. The molecule has 0 aliphatic carbocycles. The maximum Gasteiger partial charge on any atom is 0.333 e. The first kappa shape index (κ1) is 20.5. The summed E-state index contributed by atoms with van der Waals surface area (Å²) in [6.07, 6.45) is 0.409. The molecule has 1 heterocycles. The molecule has 146 valence electrons. The first-order valence-electron chi connectivity index (χ1n) is 8.79. The summed E-state index contributed by atoms with van der Waals surface area (Å²) in [5.41, 5.74) is -0.579. The van der Waals surface area contributed by atoms with Crippen molar-refractivity contribution in [1.29, 1.82) is 0 Å². The number of benzene rings is 1. The molecule has 0 saturated carbocycles. The fraction of sp³-hybridized carbons (Fsp3) is 0.450. The van der Waals surface area contributed by atoms with Crippen LogP contribution in [0, 0.1) is 0 Å². The predicted molar refractivity (Wildman–Crippen MR) is 103 cm³/mol. The van der Waals surface area contributed by atoms with Crippen LogP contribution in [-0.2, 0) is 19.5 Å². The summed E-state index contributed by atoms with van der Waals surface area (Å²) < 4.78 is 7.32. The Morgan fingerprint density at radius 2 is 1.67 bits per heavy atom. The number of aromatic nitrogens is 2. The Kier molecular flexibility index (Phi) is 5.93. The van der Waals surface area contributed by atoms with Crippen LogP contribution in [0.3, 0.4) is 0 Å². The van der Waals surface area contributed by atoms with Gasteiger partial charge >= 0.3 is 5.69 Å². The van der Waals surface area contributed by atoms with Crippen LogP contribution < -0.4 is 16.0 Å². The molecule has 0 spiro atoms. The molecule has 2 rings (SSSR count). The van der Waals surface area contributed by atoms with E-state index in [1.165, 1.54) is 19.7 Å². The second kappa shape index (κ2) is 7.82. The Balaban J connectivity index is 1.98. The summed E-state index contributed by atoms with van der Waals surface area (Å²) in [5, 5.41) is 9.98. The highest BCUT2D eigenvalue weighted by molar-refractivity contribution is 5.97. The second-order valence-electron chi connectivity index (χ2n) is 7.55. The van der Waals surface area contributed by atoms with Crippen molar-refractivity contribution in [2.75, 3.05) is 6.61 Å². The van der Waals surface area contributed by atoms with E-state index in [0.29, 0.717) is 18.8 Å². The third-order valence-corrected chi connectivity index (χ3v) is 4.45. The van der Waals surface area contributed by atoms with Crippen LogP contribution in [-0.4, -0.2) is 26.6 Å². The molecule has 0 unspecified atom stereocenters. The Bertz CT molecular complexity index is 947. The predicted octanol–water partition coefficient (Wildman–Crippen LogP) is 2.13. The highest BCUT2D eigenvalue weighted by atomic mass is 16.5. The second-order valence-corrected chi connectivity index (χ2v) is 7.55. The quantitative estimate of drug-likeness (QED) is 0.618. The zero-order valence-corrected chi connectivity index (χ0v) is 16.4. The number of carbonyl (C=O) groups excluding carboxylic acids is 1. The highest BCUT2D eigenvalue weighted by Gasteiger charge is 2.21. The van der Waals surface area contributed by atoms with Gasteiger partial charge in [-0.1, -0.05) is 32.9 Å². The molecule has 1 N–H and O–H groups in total. The van der Waals surface area contributed by atoms with Gasteiger partial charge in [0, 0.05) is 20.5 Å². The fourth-order valence-corrected chi connectivity index (χ4v) is 2.68. The topological polar surface area (TPSA) is 90.5 Å². The summed E-state index contributed by atoms with van der Waals surface area (Å²) in [6, 6.07) is 7.79. The molecule has 0 amide bonds. The van der Waals surface area contributed by atoms with E-state index < -0.39 is 22.9 Å². The summed E-state index contributed by atoms with van der Waals surface area (Å²) in [6.45, 7) is 6.70. The lowest BCUT2D eigenvalue weighted by molar-refractivity contribution is 0.0966. The Labute approximate surface area is 157 Å². The number of ether oxygens (including phenoxy) is 1. The molecule has 0 atom stereocenters. The van der Waals surface area contributed by atoms with Crippen molar-refractivity contribution in [2.45, 2.75) is 39.0 Å².